The number of carbonyl (C=O) groups is 2. The quantitative estimate of drug-likeness (QED) is 0.593. The van der Waals surface area contributed by atoms with Gasteiger partial charge in [0.15, 0.2) is 0 Å². The molecule has 1 amide bonds. The lowest BCUT2D eigenvalue weighted by Gasteiger charge is -2.24. The molecular weight excluding hydrogens is 398 g/mol. The highest BCUT2D eigenvalue weighted by Crippen LogP contribution is 2.32. The number of nitrogens with zero attached hydrogens (tertiary/aromatic N) is 2. The molecule has 0 spiro atoms. The van der Waals surface area contributed by atoms with Crippen molar-refractivity contribution in [2.45, 2.75) is 66.3 Å². The predicted octanol–water partition coefficient (Wildman–Crippen LogP) is 5.06. The van der Waals surface area contributed by atoms with Crippen LogP contribution >= 0.6 is 11.3 Å². The number of nitrogens with one attached hydrogen (secondary N) is 1. The Morgan fingerprint density at radius 2 is 2.03 bits per heavy atom. The molecule has 0 unspecified atom stereocenters. The lowest BCUT2D eigenvalue weighted by atomic mass is 9.89. The van der Waals surface area contributed by atoms with Crippen molar-refractivity contribution in [1.82, 2.24) is 14.9 Å². The standard InChI is InChI=1S/C23H33N3O3S/c1-5-29-23(28)22-25-19(14-30-22)20-11-18(21(27)24-12-15(2)3)16(4)26(20)13-17-9-7-6-8-10-17/h11,14-15,17H,5-10,12-13H2,1-4H3,(H,24,27). The minimum atomic E-state index is -0.397. The van der Waals surface area contributed by atoms with Crippen LogP contribution in [0, 0.1) is 18.8 Å². The SMILES string of the molecule is CCOC(=O)c1nc(-c2cc(C(=O)NCC(C)C)c(C)n2CC2CCCCC2)cs1. The van der Waals surface area contributed by atoms with Gasteiger partial charge in [-0.15, -0.1) is 11.3 Å². The minimum absolute atomic E-state index is 0.0503. The van der Waals surface area contributed by atoms with Crippen molar-refractivity contribution in [1.29, 1.82) is 0 Å². The molecule has 3 rings (SSSR count). The number of hydrogen-bond donors (Lipinski definition) is 1. The first-order chi connectivity index (χ1) is 14.4. The molecule has 0 saturated heterocycles. The van der Waals surface area contributed by atoms with Crippen LogP contribution in [0.25, 0.3) is 11.4 Å². The summed E-state index contributed by atoms with van der Waals surface area (Å²) in [4.78, 5) is 29.4. The summed E-state index contributed by atoms with van der Waals surface area (Å²) < 4.78 is 7.31. The molecular formula is C23H33N3O3S. The van der Waals surface area contributed by atoms with Gasteiger partial charge < -0.3 is 14.6 Å². The highest BCUT2D eigenvalue weighted by molar-refractivity contribution is 7.11. The second kappa shape index (κ2) is 10.2. The fourth-order valence-corrected chi connectivity index (χ4v) is 4.72. The molecule has 164 valence electrons. The van der Waals surface area contributed by atoms with Gasteiger partial charge in [0, 0.05) is 24.2 Å². The molecule has 0 radical (unpaired) electrons. The molecule has 2 heterocycles. The molecule has 1 N–H and O–H groups in total. The molecule has 0 aromatic carbocycles. The van der Waals surface area contributed by atoms with Crippen molar-refractivity contribution < 1.29 is 14.3 Å². The first-order valence-electron chi connectivity index (χ1n) is 11.0. The zero-order valence-corrected chi connectivity index (χ0v) is 19.3. The zero-order chi connectivity index (χ0) is 21.7. The molecule has 0 bridgehead atoms. The van der Waals surface area contributed by atoms with Gasteiger partial charge in [0.2, 0.25) is 5.01 Å². The maximum Gasteiger partial charge on any atom is 0.367 e. The average Bonchev–Trinajstić information content (AvgIpc) is 3.33. The van der Waals surface area contributed by atoms with Crippen LogP contribution in [-0.4, -0.2) is 34.6 Å². The number of thiazole rings is 1. The Labute approximate surface area is 183 Å². The summed E-state index contributed by atoms with van der Waals surface area (Å²) >= 11 is 1.29. The Morgan fingerprint density at radius 3 is 2.70 bits per heavy atom. The third-order valence-corrected chi connectivity index (χ3v) is 6.49. The number of amides is 1. The van der Waals surface area contributed by atoms with E-state index in [0.29, 0.717) is 35.6 Å². The third-order valence-electron chi connectivity index (χ3n) is 5.66. The smallest absolute Gasteiger partial charge is 0.367 e. The highest BCUT2D eigenvalue weighted by atomic mass is 32.1. The van der Waals surface area contributed by atoms with Crippen LogP contribution in [-0.2, 0) is 11.3 Å². The molecule has 0 aliphatic heterocycles. The maximum absolute atomic E-state index is 12.8. The van der Waals surface area contributed by atoms with Crippen molar-refractivity contribution in [2.75, 3.05) is 13.2 Å². The van der Waals surface area contributed by atoms with Crippen LogP contribution in [0.5, 0.6) is 0 Å². The van der Waals surface area contributed by atoms with Crippen molar-refractivity contribution in [3.05, 3.63) is 27.7 Å². The van der Waals surface area contributed by atoms with Crippen LogP contribution in [0.15, 0.2) is 11.4 Å². The molecule has 0 atom stereocenters. The second-order valence-electron chi connectivity index (χ2n) is 8.51. The number of rotatable bonds is 8. The zero-order valence-electron chi connectivity index (χ0n) is 18.5. The molecule has 1 aliphatic rings. The van der Waals surface area contributed by atoms with Gasteiger partial charge in [-0.05, 0) is 44.6 Å². The number of esters is 1. The van der Waals surface area contributed by atoms with E-state index in [2.05, 4.69) is 28.7 Å². The lowest BCUT2D eigenvalue weighted by molar-refractivity contribution is 0.0526. The normalized spacial score (nSPS) is 14.8. The molecule has 1 fully saturated rings. The van der Waals surface area contributed by atoms with Gasteiger partial charge in [-0.3, -0.25) is 4.79 Å². The Hall–Kier alpha value is -2.15. The monoisotopic (exact) mass is 431 g/mol. The third kappa shape index (κ3) is 5.31. The van der Waals surface area contributed by atoms with Gasteiger partial charge in [-0.2, -0.15) is 0 Å². The fraction of sp³-hybridized carbons (Fsp3) is 0.609. The van der Waals surface area contributed by atoms with Crippen LogP contribution in [0.1, 0.15) is 78.7 Å². The van der Waals surface area contributed by atoms with Crippen LogP contribution in [0.2, 0.25) is 0 Å². The lowest BCUT2D eigenvalue weighted by Crippen LogP contribution is -2.27. The molecule has 1 aliphatic carbocycles. The number of hydrogen-bond acceptors (Lipinski definition) is 5. The van der Waals surface area contributed by atoms with Gasteiger partial charge in [0.1, 0.15) is 0 Å². The maximum atomic E-state index is 12.8. The minimum Gasteiger partial charge on any atom is -0.461 e. The van der Waals surface area contributed by atoms with E-state index in [1.807, 2.05) is 18.4 Å². The Bertz CT molecular complexity index is 878. The summed E-state index contributed by atoms with van der Waals surface area (Å²) in [6.45, 7) is 9.81. The van der Waals surface area contributed by atoms with Crippen molar-refractivity contribution >= 4 is 23.2 Å². The fourth-order valence-electron chi connectivity index (χ4n) is 4.02. The summed E-state index contributed by atoms with van der Waals surface area (Å²) in [6, 6.07) is 1.93. The van der Waals surface area contributed by atoms with Crippen molar-refractivity contribution in [3.8, 4) is 11.4 Å². The van der Waals surface area contributed by atoms with E-state index >= 15 is 0 Å². The number of carbonyl (C=O) groups excluding carboxylic acids is 2. The summed E-state index contributed by atoms with van der Waals surface area (Å²) in [5.41, 5.74) is 3.28. The summed E-state index contributed by atoms with van der Waals surface area (Å²) in [5, 5.41) is 5.26. The van der Waals surface area contributed by atoms with E-state index < -0.39 is 5.97 Å². The van der Waals surface area contributed by atoms with E-state index in [-0.39, 0.29) is 5.91 Å². The van der Waals surface area contributed by atoms with Gasteiger partial charge in [-0.1, -0.05) is 33.1 Å². The van der Waals surface area contributed by atoms with E-state index in [9.17, 15) is 9.59 Å². The van der Waals surface area contributed by atoms with E-state index in [1.54, 1.807) is 6.92 Å². The van der Waals surface area contributed by atoms with Gasteiger partial charge >= 0.3 is 5.97 Å². The van der Waals surface area contributed by atoms with Crippen LogP contribution < -0.4 is 5.32 Å². The molecule has 2 aromatic rings. The molecule has 1 saturated carbocycles. The van der Waals surface area contributed by atoms with E-state index in [0.717, 1.165) is 23.6 Å². The average molecular weight is 432 g/mol. The van der Waals surface area contributed by atoms with Crippen LogP contribution in [0.4, 0.5) is 0 Å². The Kier molecular flexibility index (Phi) is 7.69. The Morgan fingerprint density at radius 1 is 1.30 bits per heavy atom. The topological polar surface area (TPSA) is 73.2 Å². The summed E-state index contributed by atoms with van der Waals surface area (Å²) in [7, 11) is 0. The second-order valence-corrected chi connectivity index (χ2v) is 9.36. The van der Waals surface area contributed by atoms with E-state index in [1.165, 1.54) is 43.4 Å². The Balaban J connectivity index is 1.94. The molecule has 7 heteroatoms. The number of aromatic nitrogens is 2. The molecule has 30 heavy (non-hydrogen) atoms. The predicted molar refractivity (Wildman–Crippen MR) is 120 cm³/mol. The van der Waals surface area contributed by atoms with Gasteiger partial charge in [0.25, 0.3) is 5.91 Å². The van der Waals surface area contributed by atoms with Crippen molar-refractivity contribution in [3.63, 3.8) is 0 Å². The molecule has 6 nitrogen and oxygen atoms in total. The van der Waals surface area contributed by atoms with Crippen LogP contribution in [0.3, 0.4) is 0 Å². The van der Waals surface area contributed by atoms with E-state index in [4.69, 9.17) is 4.74 Å². The summed E-state index contributed by atoms with van der Waals surface area (Å²) in [6.07, 6.45) is 6.29. The van der Waals surface area contributed by atoms with Gasteiger partial charge in [-0.25, -0.2) is 9.78 Å². The van der Waals surface area contributed by atoms with Gasteiger partial charge in [0.05, 0.1) is 23.6 Å². The first-order valence-corrected chi connectivity index (χ1v) is 11.9. The van der Waals surface area contributed by atoms with Crippen molar-refractivity contribution in [2.24, 2.45) is 11.8 Å². The number of ether oxygens (including phenoxy) is 1. The largest absolute Gasteiger partial charge is 0.461 e. The highest BCUT2D eigenvalue weighted by Gasteiger charge is 2.24. The first kappa shape index (κ1) is 22.5. The summed E-state index contributed by atoms with van der Waals surface area (Å²) in [5.74, 6) is 0.554. The molecule has 2 aromatic heterocycles.